The molecule has 0 radical (unpaired) electrons. The Morgan fingerprint density at radius 3 is 1.73 bits per heavy atom. The number of para-hydroxylation sites is 2. The summed E-state index contributed by atoms with van der Waals surface area (Å²) in [6, 6.07) is 28.5. The Morgan fingerprint density at radius 2 is 1.23 bits per heavy atom. The molecule has 0 aromatic heterocycles. The van der Waals surface area contributed by atoms with Crippen LogP contribution in [0.1, 0.15) is 24.2 Å². The van der Waals surface area contributed by atoms with Crippen LogP contribution in [-0.4, -0.2) is 42.5 Å². The standard InChI is InChI=1S/C26H28N2O2/c1-26(2,27-17-19-30-20-18-27)25(29)21-13-15-24(16-14-21)28(22-9-5-3-6-10-22)23-11-7-4-8-12-23/h3-16H,17-20H2,1-2H3. The van der Waals surface area contributed by atoms with Crippen LogP contribution in [0.5, 0.6) is 0 Å². The molecule has 0 saturated carbocycles. The number of rotatable bonds is 6. The van der Waals surface area contributed by atoms with Crippen LogP contribution >= 0.6 is 0 Å². The van der Waals surface area contributed by atoms with Crippen LogP contribution in [-0.2, 0) is 4.74 Å². The van der Waals surface area contributed by atoms with Crippen molar-refractivity contribution in [2.45, 2.75) is 19.4 Å². The molecule has 0 amide bonds. The molecule has 0 atom stereocenters. The van der Waals surface area contributed by atoms with E-state index in [0.29, 0.717) is 13.2 Å². The van der Waals surface area contributed by atoms with Gasteiger partial charge in [0.1, 0.15) is 0 Å². The van der Waals surface area contributed by atoms with E-state index in [9.17, 15) is 4.79 Å². The SMILES string of the molecule is CC(C)(C(=O)c1ccc(N(c2ccccc2)c2ccccc2)cc1)N1CCOCC1. The van der Waals surface area contributed by atoms with E-state index >= 15 is 0 Å². The highest BCUT2D eigenvalue weighted by atomic mass is 16.5. The van der Waals surface area contributed by atoms with Gasteiger partial charge in [-0.15, -0.1) is 0 Å². The maximum atomic E-state index is 13.3. The van der Waals surface area contributed by atoms with Crippen molar-refractivity contribution in [3.63, 3.8) is 0 Å². The second kappa shape index (κ2) is 8.82. The van der Waals surface area contributed by atoms with E-state index in [0.717, 1.165) is 35.7 Å². The topological polar surface area (TPSA) is 32.8 Å². The van der Waals surface area contributed by atoms with Crippen molar-refractivity contribution in [2.24, 2.45) is 0 Å². The molecule has 4 heteroatoms. The van der Waals surface area contributed by atoms with Crippen molar-refractivity contribution in [1.82, 2.24) is 4.90 Å². The van der Waals surface area contributed by atoms with Crippen LogP contribution in [0.2, 0.25) is 0 Å². The van der Waals surface area contributed by atoms with Crippen LogP contribution in [0.3, 0.4) is 0 Å². The fourth-order valence-corrected chi connectivity index (χ4v) is 3.98. The predicted octanol–water partition coefficient (Wildman–Crippen LogP) is 5.45. The number of carbonyl (C=O) groups is 1. The zero-order chi connectivity index (χ0) is 21.0. The molecule has 1 aliphatic heterocycles. The quantitative estimate of drug-likeness (QED) is 0.515. The fraction of sp³-hybridized carbons (Fsp3) is 0.269. The van der Waals surface area contributed by atoms with E-state index in [4.69, 9.17) is 4.74 Å². The third kappa shape index (κ3) is 4.16. The summed E-state index contributed by atoms with van der Waals surface area (Å²) < 4.78 is 5.45. The first kappa shape index (κ1) is 20.3. The maximum absolute atomic E-state index is 13.3. The van der Waals surface area contributed by atoms with Gasteiger partial charge >= 0.3 is 0 Å². The monoisotopic (exact) mass is 400 g/mol. The summed E-state index contributed by atoms with van der Waals surface area (Å²) in [5.74, 6) is 0.141. The number of hydrogen-bond donors (Lipinski definition) is 0. The van der Waals surface area contributed by atoms with Gasteiger partial charge in [-0.1, -0.05) is 36.4 Å². The number of nitrogens with zero attached hydrogens (tertiary/aromatic N) is 2. The molecule has 0 aliphatic carbocycles. The molecule has 1 saturated heterocycles. The van der Waals surface area contributed by atoms with Crippen LogP contribution in [0.25, 0.3) is 0 Å². The van der Waals surface area contributed by atoms with Crippen LogP contribution < -0.4 is 4.90 Å². The van der Waals surface area contributed by atoms with Crippen LogP contribution in [0.4, 0.5) is 17.1 Å². The zero-order valence-electron chi connectivity index (χ0n) is 17.6. The number of hydrogen-bond acceptors (Lipinski definition) is 4. The van der Waals surface area contributed by atoms with E-state index in [2.05, 4.69) is 34.1 Å². The summed E-state index contributed by atoms with van der Waals surface area (Å²) in [4.78, 5) is 17.7. The normalized spacial score (nSPS) is 15.0. The van der Waals surface area contributed by atoms with Gasteiger partial charge in [0.05, 0.1) is 18.8 Å². The number of Topliss-reactive ketones (excluding diaryl/α,β-unsaturated/α-hetero) is 1. The van der Waals surface area contributed by atoms with Crippen LogP contribution in [0.15, 0.2) is 84.9 Å². The lowest BCUT2D eigenvalue weighted by Crippen LogP contribution is -2.54. The molecule has 154 valence electrons. The Balaban J connectivity index is 1.63. The smallest absolute Gasteiger partial charge is 0.182 e. The molecule has 3 aromatic carbocycles. The summed E-state index contributed by atoms with van der Waals surface area (Å²) in [5, 5.41) is 0. The molecule has 0 N–H and O–H groups in total. The molecule has 0 bridgehead atoms. The predicted molar refractivity (Wildman–Crippen MR) is 122 cm³/mol. The zero-order valence-corrected chi connectivity index (χ0v) is 17.6. The largest absolute Gasteiger partial charge is 0.379 e. The molecule has 30 heavy (non-hydrogen) atoms. The highest BCUT2D eigenvalue weighted by Crippen LogP contribution is 2.34. The number of anilines is 3. The minimum atomic E-state index is -0.552. The minimum absolute atomic E-state index is 0.141. The number of ether oxygens (including phenoxy) is 1. The Labute approximate surface area is 178 Å². The Morgan fingerprint density at radius 1 is 0.767 bits per heavy atom. The molecular weight excluding hydrogens is 372 g/mol. The van der Waals surface area contributed by atoms with Crippen molar-refractivity contribution in [3.05, 3.63) is 90.5 Å². The van der Waals surface area contributed by atoms with Gasteiger partial charge in [0.25, 0.3) is 0 Å². The number of morpholine rings is 1. The lowest BCUT2D eigenvalue weighted by Gasteiger charge is -2.39. The second-order valence-electron chi connectivity index (χ2n) is 8.04. The van der Waals surface area contributed by atoms with Gasteiger partial charge in [0.2, 0.25) is 0 Å². The average molecular weight is 401 g/mol. The first-order valence-corrected chi connectivity index (χ1v) is 10.5. The van der Waals surface area contributed by atoms with Crippen molar-refractivity contribution >= 4 is 22.8 Å². The molecule has 0 unspecified atom stereocenters. The summed E-state index contributed by atoms with van der Waals surface area (Å²) in [7, 11) is 0. The average Bonchev–Trinajstić information content (AvgIpc) is 2.81. The number of carbonyl (C=O) groups excluding carboxylic acids is 1. The van der Waals surface area contributed by atoms with Crippen molar-refractivity contribution < 1.29 is 9.53 Å². The second-order valence-corrected chi connectivity index (χ2v) is 8.04. The molecule has 4 rings (SSSR count). The lowest BCUT2D eigenvalue weighted by atomic mass is 9.90. The summed E-state index contributed by atoms with van der Waals surface area (Å²) in [6.45, 7) is 6.94. The highest BCUT2D eigenvalue weighted by molar-refractivity contribution is 6.03. The van der Waals surface area contributed by atoms with Gasteiger partial charge in [0, 0.05) is 35.7 Å². The van der Waals surface area contributed by atoms with Gasteiger partial charge in [-0.2, -0.15) is 0 Å². The van der Waals surface area contributed by atoms with Crippen molar-refractivity contribution in [1.29, 1.82) is 0 Å². The highest BCUT2D eigenvalue weighted by Gasteiger charge is 2.35. The van der Waals surface area contributed by atoms with E-state index in [1.807, 2.05) is 74.5 Å². The van der Waals surface area contributed by atoms with Crippen LogP contribution in [0, 0.1) is 0 Å². The number of ketones is 1. The first-order valence-electron chi connectivity index (χ1n) is 10.5. The van der Waals surface area contributed by atoms with Crippen molar-refractivity contribution in [2.75, 3.05) is 31.2 Å². The Kier molecular flexibility index (Phi) is 5.98. The summed E-state index contributed by atoms with van der Waals surface area (Å²) >= 11 is 0. The van der Waals surface area contributed by atoms with Gasteiger partial charge in [0.15, 0.2) is 5.78 Å². The van der Waals surface area contributed by atoms with E-state index in [1.165, 1.54) is 0 Å². The molecule has 0 spiro atoms. The summed E-state index contributed by atoms with van der Waals surface area (Å²) in [5.41, 5.74) is 3.36. The third-order valence-electron chi connectivity index (χ3n) is 5.77. The molecule has 1 heterocycles. The van der Waals surface area contributed by atoms with Gasteiger partial charge in [-0.3, -0.25) is 9.69 Å². The fourth-order valence-electron chi connectivity index (χ4n) is 3.98. The molecule has 1 aliphatic rings. The third-order valence-corrected chi connectivity index (χ3v) is 5.77. The summed E-state index contributed by atoms with van der Waals surface area (Å²) in [6.07, 6.45) is 0. The van der Waals surface area contributed by atoms with Crippen molar-refractivity contribution in [3.8, 4) is 0 Å². The van der Waals surface area contributed by atoms with Gasteiger partial charge in [-0.25, -0.2) is 0 Å². The molecular formula is C26H28N2O2. The first-order chi connectivity index (χ1) is 14.6. The van der Waals surface area contributed by atoms with Gasteiger partial charge < -0.3 is 9.64 Å². The van der Waals surface area contributed by atoms with Gasteiger partial charge in [-0.05, 0) is 62.4 Å². The molecule has 4 nitrogen and oxygen atoms in total. The Hall–Kier alpha value is -2.95. The lowest BCUT2D eigenvalue weighted by molar-refractivity contribution is -0.00429. The van der Waals surface area contributed by atoms with E-state index in [-0.39, 0.29) is 5.78 Å². The number of benzene rings is 3. The van der Waals surface area contributed by atoms with E-state index < -0.39 is 5.54 Å². The Bertz CT molecular complexity index is 923. The maximum Gasteiger partial charge on any atom is 0.182 e. The molecule has 3 aromatic rings. The van der Waals surface area contributed by atoms with E-state index in [1.54, 1.807) is 0 Å². The molecule has 1 fully saturated rings. The minimum Gasteiger partial charge on any atom is -0.379 e.